The molecule has 0 atom stereocenters. The summed E-state index contributed by atoms with van der Waals surface area (Å²) in [5.41, 5.74) is 1.25. The third-order valence-corrected chi connectivity index (χ3v) is 3.97. The molecular formula is C15H18F2N4O. The number of carbonyl (C=O) groups excluding carboxylic acids is 1. The molecule has 3 rings (SSSR count). The standard InChI is InChI=1S/C15H18F2N4O/c1-10-7-12(14(16)17)21-15(19-10)11(9-18-21)8-13(22)20-5-3-2-4-6-20/h7,9,14H,2-6,8H2,1H3. The van der Waals surface area contributed by atoms with E-state index in [9.17, 15) is 13.6 Å². The van der Waals surface area contributed by atoms with Crippen LogP contribution in [0, 0.1) is 6.92 Å². The van der Waals surface area contributed by atoms with E-state index >= 15 is 0 Å². The lowest BCUT2D eigenvalue weighted by atomic mass is 10.1. The van der Waals surface area contributed by atoms with Gasteiger partial charge in [0, 0.05) is 24.3 Å². The highest BCUT2D eigenvalue weighted by atomic mass is 19.3. The largest absolute Gasteiger partial charge is 0.342 e. The molecule has 0 aromatic carbocycles. The van der Waals surface area contributed by atoms with Crippen molar-refractivity contribution in [3.63, 3.8) is 0 Å². The van der Waals surface area contributed by atoms with Crippen molar-refractivity contribution in [2.24, 2.45) is 0 Å². The van der Waals surface area contributed by atoms with E-state index in [4.69, 9.17) is 0 Å². The van der Waals surface area contributed by atoms with Crippen molar-refractivity contribution in [1.82, 2.24) is 19.5 Å². The number of likely N-dealkylation sites (tertiary alicyclic amines) is 1. The normalized spacial score (nSPS) is 15.7. The number of piperidine rings is 1. The number of amides is 1. The van der Waals surface area contributed by atoms with E-state index in [0.29, 0.717) is 16.9 Å². The summed E-state index contributed by atoms with van der Waals surface area (Å²) in [5, 5.41) is 3.98. The third kappa shape index (κ3) is 2.80. The Hall–Kier alpha value is -2.05. The number of hydrogen-bond acceptors (Lipinski definition) is 3. The van der Waals surface area contributed by atoms with Gasteiger partial charge in [-0.2, -0.15) is 5.10 Å². The van der Waals surface area contributed by atoms with Gasteiger partial charge in [-0.1, -0.05) is 0 Å². The minimum atomic E-state index is -2.63. The number of aryl methyl sites for hydroxylation is 1. The molecule has 0 radical (unpaired) electrons. The molecule has 2 aromatic rings. The Labute approximate surface area is 126 Å². The monoisotopic (exact) mass is 308 g/mol. The molecule has 0 unspecified atom stereocenters. The molecule has 1 aliphatic rings. The Balaban J connectivity index is 1.89. The lowest BCUT2D eigenvalue weighted by Crippen LogP contribution is -2.36. The van der Waals surface area contributed by atoms with Crippen LogP contribution in [0.4, 0.5) is 8.78 Å². The first-order chi connectivity index (χ1) is 10.6. The molecule has 7 heteroatoms. The zero-order valence-corrected chi connectivity index (χ0v) is 12.4. The maximum atomic E-state index is 13.1. The number of aromatic nitrogens is 3. The molecule has 0 saturated carbocycles. The Morgan fingerprint density at radius 1 is 1.32 bits per heavy atom. The summed E-state index contributed by atoms with van der Waals surface area (Å²) in [7, 11) is 0. The topological polar surface area (TPSA) is 50.5 Å². The Morgan fingerprint density at radius 3 is 2.73 bits per heavy atom. The van der Waals surface area contributed by atoms with Gasteiger partial charge in [0.15, 0.2) is 5.65 Å². The van der Waals surface area contributed by atoms with Crippen LogP contribution in [0.15, 0.2) is 12.3 Å². The fraction of sp³-hybridized carbons (Fsp3) is 0.533. The Morgan fingerprint density at radius 2 is 2.05 bits per heavy atom. The van der Waals surface area contributed by atoms with Gasteiger partial charge in [0.05, 0.1) is 12.6 Å². The van der Waals surface area contributed by atoms with Gasteiger partial charge in [-0.05, 0) is 32.3 Å². The molecule has 1 saturated heterocycles. The van der Waals surface area contributed by atoms with Gasteiger partial charge in [0.2, 0.25) is 5.91 Å². The van der Waals surface area contributed by atoms with E-state index in [1.54, 1.807) is 6.92 Å². The highest BCUT2D eigenvalue weighted by Crippen LogP contribution is 2.22. The number of halogens is 2. The second kappa shape index (κ2) is 5.98. The fourth-order valence-electron chi connectivity index (χ4n) is 2.86. The molecule has 0 bridgehead atoms. The summed E-state index contributed by atoms with van der Waals surface area (Å²) in [4.78, 5) is 18.4. The van der Waals surface area contributed by atoms with Gasteiger partial charge >= 0.3 is 0 Å². The predicted molar refractivity (Wildman–Crippen MR) is 76.8 cm³/mol. The average Bonchev–Trinajstić information content (AvgIpc) is 2.90. The van der Waals surface area contributed by atoms with Crippen LogP contribution in [-0.2, 0) is 11.2 Å². The van der Waals surface area contributed by atoms with Gasteiger partial charge in [-0.15, -0.1) is 0 Å². The predicted octanol–water partition coefficient (Wildman–Crippen LogP) is 2.53. The van der Waals surface area contributed by atoms with Crippen molar-refractivity contribution < 1.29 is 13.6 Å². The minimum Gasteiger partial charge on any atom is -0.342 e. The van der Waals surface area contributed by atoms with Gasteiger partial charge in [-0.3, -0.25) is 4.79 Å². The lowest BCUT2D eigenvalue weighted by molar-refractivity contribution is -0.131. The average molecular weight is 308 g/mol. The Bertz CT molecular complexity index is 692. The lowest BCUT2D eigenvalue weighted by Gasteiger charge is -2.26. The molecule has 22 heavy (non-hydrogen) atoms. The van der Waals surface area contributed by atoms with Crippen molar-refractivity contribution in [2.75, 3.05) is 13.1 Å². The van der Waals surface area contributed by atoms with Crippen molar-refractivity contribution >= 4 is 11.6 Å². The van der Waals surface area contributed by atoms with Crippen molar-refractivity contribution in [3.8, 4) is 0 Å². The molecule has 5 nitrogen and oxygen atoms in total. The summed E-state index contributed by atoms with van der Waals surface area (Å²) in [6.45, 7) is 3.20. The minimum absolute atomic E-state index is 0.0107. The zero-order valence-electron chi connectivity index (χ0n) is 12.4. The number of rotatable bonds is 3. The maximum Gasteiger partial charge on any atom is 0.280 e. The number of carbonyl (C=O) groups is 1. The molecule has 0 aliphatic carbocycles. The van der Waals surface area contributed by atoms with Crippen LogP contribution in [0.1, 0.15) is 42.6 Å². The summed E-state index contributed by atoms with van der Waals surface area (Å²) < 4.78 is 27.3. The van der Waals surface area contributed by atoms with Crippen LogP contribution in [0.2, 0.25) is 0 Å². The van der Waals surface area contributed by atoms with Crippen molar-refractivity contribution in [3.05, 3.63) is 29.2 Å². The fourth-order valence-corrected chi connectivity index (χ4v) is 2.86. The molecule has 1 aliphatic heterocycles. The van der Waals surface area contributed by atoms with Crippen LogP contribution in [-0.4, -0.2) is 38.5 Å². The first-order valence-electron chi connectivity index (χ1n) is 7.46. The molecule has 2 aromatic heterocycles. The van der Waals surface area contributed by atoms with Gasteiger partial charge < -0.3 is 4.90 Å². The van der Waals surface area contributed by atoms with E-state index in [1.807, 2.05) is 4.90 Å². The first kappa shape index (κ1) is 14.9. The van der Waals surface area contributed by atoms with E-state index < -0.39 is 6.43 Å². The highest BCUT2D eigenvalue weighted by Gasteiger charge is 2.21. The first-order valence-corrected chi connectivity index (χ1v) is 7.46. The van der Waals surface area contributed by atoms with Crippen LogP contribution < -0.4 is 0 Å². The van der Waals surface area contributed by atoms with Crippen LogP contribution in [0.25, 0.3) is 5.65 Å². The molecular weight excluding hydrogens is 290 g/mol. The van der Waals surface area contributed by atoms with Crippen LogP contribution in [0.3, 0.4) is 0 Å². The van der Waals surface area contributed by atoms with Gasteiger partial charge in [0.1, 0.15) is 5.69 Å². The second-order valence-corrected chi connectivity index (χ2v) is 5.65. The molecule has 0 spiro atoms. The molecule has 1 amide bonds. The number of hydrogen-bond donors (Lipinski definition) is 0. The summed E-state index contributed by atoms with van der Waals surface area (Å²) in [5.74, 6) is 0.0107. The number of alkyl halides is 2. The van der Waals surface area contributed by atoms with E-state index in [0.717, 1.165) is 36.9 Å². The van der Waals surface area contributed by atoms with E-state index in [1.165, 1.54) is 12.3 Å². The Kier molecular flexibility index (Phi) is 4.04. The second-order valence-electron chi connectivity index (χ2n) is 5.65. The molecule has 3 heterocycles. The zero-order chi connectivity index (χ0) is 15.7. The third-order valence-electron chi connectivity index (χ3n) is 3.97. The SMILES string of the molecule is Cc1cc(C(F)F)n2ncc(CC(=O)N3CCCCC3)c2n1. The van der Waals surface area contributed by atoms with Crippen molar-refractivity contribution in [1.29, 1.82) is 0 Å². The van der Waals surface area contributed by atoms with Crippen molar-refractivity contribution in [2.45, 2.75) is 39.0 Å². The summed E-state index contributed by atoms with van der Waals surface area (Å²) >= 11 is 0. The van der Waals surface area contributed by atoms with Crippen LogP contribution in [0.5, 0.6) is 0 Å². The van der Waals surface area contributed by atoms with Gasteiger partial charge in [0.25, 0.3) is 6.43 Å². The smallest absolute Gasteiger partial charge is 0.280 e. The molecule has 118 valence electrons. The molecule has 0 N–H and O–H groups in total. The van der Waals surface area contributed by atoms with E-state index in [-0.39, 0.29) is 18.0 Å². The quantitative estimate of drug-likeness (QED) is 0.875. The summed E-state index contributed by atoms with van der Waals surface area (Å²) in [6.07, 6.45) is 2.19. The highest BCUT2D eigenvalue weighted by molar-refractivity contribution is 5.80. The van der Waals surface area contributed by atoms with Crippen LogP contribution >= 0.6 is 0 Å². The number of nitrogens with zero attached hydrogens (tertiary/aromatic N) is 4. The summed E-state index contributed by atoms with van der Waals surface area (Å²) in [6, 6.07) is 1.32. The number of fused-ring (bicyclic) bond motifs is 1. The van der Waals surface area contributed by atoms with Gasteiger partial charge in [-0.25, -0.2) is 18.3 Å². The maximum absolute atomic E-state index is 13.1. The van der Waals surface area contributed by atoms with E-state index in [2.05, 4.69) is 10.1 Å². The molecule has 1 fully saturated rings.